The summed E-state index contributed by atoms with van der Waals surface area (Å²) in [5.74, 6) is 0.325. The van der Waals surface area contributed by atoms with Gasteiger partial charge in [0.05, 0.1) is 6.04 Å². The van der Waals surface area contributed by atoms with E-state index in [-0.39, 0.29) is 11.9 Å². The minimum atomic E-state index is -0.0754. The molecule has 0 aromatic carbocycles. The zero-order chi connectivity index (χ0) is 14.8. The fraction of sp³-hybridized carbons (Fsp3) is 0.333. The van der Waals surface area contributed by atoms with Crippen molar-refractivity contribution in [2.24, 2.45) is 0 Å². The minimum Gasteiger partial charge on any atom is -0.444 e. The Kier molecular flexibility index (Phi) is 4.07. The van der Waals surface area contributed by atoms with E-state index < -0.39 is 0 Å². The number of carbonyl (C=O) groups excluding carboxylic acids is 1. The summed E-state index contributed by atoms with van der Waals surface area (Å²) in [5.41, 5.74) is 1.87. The summed E-state index contributed by atoms with van der Waals surface area (Å²) in [6.07, 6.45) is 3.54. The molecule has 2 aromatic rings. The van der Waals surface area contributed by atoms with Crippen molar-refractivity contribution in [3.63, 3.8) is 0 Å². The molecule has 0 aliphatic carbocycles. The van der Waals surface area contributed by atoms with Crippen molar-refractivity contribution in [1.29, 1.82) is 0 Å². The van der Waals surface area contributed by atoms with Crippen molar-refractivity contribution >= 4 is 21.8 Å². The van der Waals surface area contributed by atoms with Crippen molar-refractivity contribution in [2.75, 3.05) is 19.6 Å². The molecule has 2 aromatic heterocycles. The third-order valence-electron chi connectivity index (χ3n) is 3.66. The third-order valence-corrected chi connectivity index (χ3v) is 4.05. The Hall–Kier alpha value is -1.66. The summed E-state index contributed by atoms with van der Waals surface area (Å²) < 4.78 is 6.08. The van der Waals surface area contributed by atoms with E-state index in [1.54, 1.807) is 6.20 Å². The van der Waals surface area contributed by atoms with E-state index >= 15 is 0 Å². The maximum absolute atomic E-state index is 12.8. The molecule has 1 saturated heterocycles. The van der Waals surface area contributed by atoms with Crippen molar-refractivity contribution < 1.29 is 9.21 Å². The Balaban J connectivity index is 1.91. The maximum Gasteiger partial charge on any atom is 0.290 e. The molecule has 0 radical (unpaired) electrons. The molecule has 0 spiro atoms. The predicted octanol–water partition coefficient (Wildman–Crippen LogP) is 2.53. The molecule has 3 heterocycles. The largest absolute Gasteiger partial charge is 0.444 e. The molecule has 1 atom stereocenters. The average Bonchev–Trinajstić information content (AvgIpc) is 2.86. The number of amides is 1. The highest BCUT2D eigenvalue weighted by atomic mass is 79.9. The van der Waals surface area contributed by atoms with E-state index in [1.165, 1.54) is 0 Å². The van der Waals surface area contributed by atoms with Gasteiger partial charge in [-0.1, -0.05) is 6.07 Å². The number of piperazine rings is 1. The molecular weight excluding hydrogens is 334 g/mol. The van der Waals surface area contributed by atoms with Gasteiger partial charge in [0.15, 0.2) is 10.4 Å². The van der Waals surface area contributed by atoms with Gasteiger partial charge in [-0.2, -0.15) is 0 Å². The molecule has 0 saturated carbocycles. The number of carbonyl (C=O) groups is 1. The van der Waals surface area contributed by atoms with Crippen molar-refractivity contribution in [3.8, 4) is 0 Å². The lowest BCUT2D eigenvalue weighted by atomic mass is 10.0. The molecule has 1 N–H and O–H groups in total. The smallest absolute Gasteiger partial charge is 0.290 e. The zero-order valence-corrected chi connectivity index (χ0v) is 13.3. The first kappa shape index (κ1) is 14.3. The van der Waals surface area contributed by atoms with Crippen LogP contribution in [-0.2, 0) is 0 Å². The zero-order valence-electron chi connectivity index (χ0n) is 11.7. The average molecular weight is 350 g/mol. The van der Waals surface area contributed by atoms with E-state index in [0.717, 1.165) is 24.2 Å². The van der Waals surface area contributed by atoms with E-state index in [4.69, 9.17) is 4.42 Å². The molecule has 1 unspecified atom stereocenters. The first-order valence-corrected chi connectivity index (χ1v) is 7.63. The Morgan fingerprint density at radius 1 is 1.57 bits per heavy atom. The highest BCUT2D eigenvalue weighted by Crippen LogP contribution is 2.27. The van der Waals surface area contributed by atoms with E-state index in [0.29, 0.717) is 17.0 Å². The molecule has 110 valence electrons. The first-order valence-electron chi connectivity index (χ1n) is 6.84. The maximum atomic E-state index is 12.8. The number of furan rings is 1. The number of nitrogens with zero attached hydrogens (tertiary/aromatic N) is 2. The van der Waals surface area contributed by atoms with Crippen LogP contribution < -0.4 is 5.32 Å². The number of hydrogen-bond donors (Lipinski definition) is 1. The second-order valence-corrected chi connectivity index (χ2v) is 5.85. The summed E-state index contributed by atoms with van der Waals surface area (Å²) in [6, 6.07) is 5.68. The summed E-state index contributed by atoms with van der Waals surface area (Å²) in [5, 5.41) is 3.33. The Morgan fingerprint density at radius 3 is 3.10 bits per heavy atom. The number of halogens is 1. The van der Waals surface area contributed by atoms with Crippen LogP contribution in [0.5, 0.6) is 0 Å². The number of rotatable bonds is 2. The van der Waals surface area contributed by atoms with Gasteiger partial charge in [-0.3, -0.25) is 9.78 Å². The summed E-state index contributed by atoms with van der Waals surface area (Å²) in [4.78, 5) is 18.8. The molecule has 1 aliphatic heterocycles. The molecule has 5 nitrogen and oxygen atoms in total. The highest BCUT2D eigenvalue weighted by Gasteiger charge is 2.31. The van der Waals surface area contributed by atoms with Gasteiger partial charge >= 0.3 is 0 Å². The van der Waals surface area contributed by atoms with Crippen LogP contribution in [0.4, 0.5) is 0 Å². The lowest BCUT2D eigenvalue weighted by Crippen LogP contribution is -2.48. The van der Waals surface area contributed by atoms with Gasteiger partial charge in [-0.25, -0.2) is 0 Å². The van der Waals surface area contributed by atoms with Crippen LogP contribution in [-0.4, -0.2) is 35.4 Å². The highest BCUT2D eigenvalue weighted by molar-refractivity contribution is 9.10. The van der Waals surface area contributed by atoms with Gasteiger partial charge in [0.25, 0.3) is 5.91 Å². The number of aromatic nitrogens is 1. The normalized spacial score (nSPS) is 18.8. The van der Waals surface area contributed by atoms with Crippen LogP contribution >= 0.6 is 15.9 Å². The molecule has 1 aliphatic rings. The topological polar surface area (TPSA) is 58.4 Å². The standard InChI is InChI=1S/C15H16BrN3O2/c1-10-7-13(16)21-14(10)15(20)19-6-5-18-9-12(19)11-3-2-4-17-8-11/h2-4,7-8,12,18H,5-6,9H2,1H3. The van der Waals surface area contributed by atoms with Gasteiger partial charge < -0.3 is 14.6 Å². The summed E-state index contributed by atoms with van der Waals surface area (Å²) in [6.45, 7) is 4.03. The molecule has 3 rings (SSSR count). The molecule has 21 heavy (non-hydrogen) atoms. The third kappa shape index (κ3) is 2.87. The van der Waals surface area contributed by atoms with Gasteiger partial charge in [0, 0.05) is 37.6 Å². The van der Waals surface area contributed by atoms with Crippen molar-refractivity contribution in [3.05, 3.63) is 52.1 Å². The second-order valence-electron chi connectivity index (χ2n) is 5.07. The van der Waals surface area contributed by atoms with Crippen LogP contribution in [0.2, 0.25) is 0 Å². The Labute approximate surface area is 131 Å². The summed E-state index contributed by atoms with van der Waals surface area (Å²) in [7, 11) is 0. The molecule has 6 heteroatoms. The van der Waals surface area contributed by atoms with Gasteiger partial charge in [-0.05, 0) is 40.5 Å². The van der Waals surface area contributed by atoms with Gasteiger partial charge in [-0.15, -0.1) is 0 Å². The predicted molar refractivity (Wildman–Crippen MR) is 82.0 cm³/mol. The fourth-order valence-corrected chi connectivity index (χ4v) is 3.11. The van der Waals surface area contributed by atoms with E-state index in [2.05, 4.69) is 26.2 Å². The Morgan fingerprint density at radius 2 is 2.43 bits per heavy atom. The Bertz CT molecular complexity index is 642. The lowest BCUT2D eigenvalue weighted by molar-refractivity contribution is 0.0599. The molecular formula is C15H16BrN3O2. The van der Waals surface area contributed by atoms with Gasteiger partial charge in [0.2, 0.25) is 0 Å². The first-order chi connectivity index (χ1) is 10.2. The van der Waals surface area contributed by atoms with Crippen molar-refractivity contribution in [1.82, 2.24) is 15.2 Å². The number of hydrogen-bond acceptors (Lipinski definition) is 4. The van der Waals surface area contributed by atoms with Crippen LogP contribution in [0.3, 0.4) is 0 Å². The molecule has 1 amide bonds. The van der Waals surface area contributed by atoms with Crippen molar-refractivity contribution in [2.45, 2.75) is 13.0 Å². The number of pyridine rings is 1. The molecule has 0 bridgehead atoms. The van der Waals surface area contributed by atoms with Crippen LogP contribution in [0, 0.1) is 6.92 Å². The summed E-state index contributed by atoms with van der Waals surface area (Å²) >= 11 is 3.28. The quantitative estimate of drug-likeness (QED) is 0.904. The minimum absolute atomic E-state index is 0.0248. The fourth-order valence-electron chi connectivity index (χ4n) is 2.60. The van der Waals surface area contributed by atoms with E-state index in [1.807, 2.05) is 36.2 Å². The molecule has 1 fully saturated rings. The van der Waals surface area contributed by atoms with E-state index in [9.17, 15) is 4.79 Å². The SMILES string of the molecule is Cc1cc(Br)oc1C(=O)N1CCNCC1c1cccnc1. The number of nitrogens with one attached hydrogen (secondary N) is 1. The van der Waals surface area contributed by atoms with Crippen LogP contribution in [0.15, 0.2) is 39.7 Å². The van der Waals surface area contributed by atoms with Gasteiger partial charge in [0.1, 0.15) is 0 Å². The number of aryl methyl sites for hydroxylation is 1. The lowest BCUT2D eigenvalue weighted by Gasteiger charge is -2.36. The monoisotopic (exact) mass is 349 g/mol. The second kappa shape index (κ2) is 5.99. The van der Waals surface area contributed by atoms with Crippen LogP contribution in [0.1, 0.15) is 27.7 Å². The van der Waals surface area contributed by atoms with Crippen LogP contribution in [0.25, 0.3) is 0 Å².